The molecular weight excluding hydrogens is 574 g/mol. The van der Waals surface area contributed by atoms with Crippen LogP contribution in [0.4, 0.5) is 5.69 Å². The predicted molar refractivity (Wildman–Crippen MR) is 173 cm³/mol. The van der Waals surface area contributed by atoms with E-state index in [4.69, 9.17) is 4.74 Å². The number of para-hydroxylation sites is 1. The van der Waals surface area contributed by atoms with E-state index < -0.39 is 28.5 Å². The molecule has 0 radical (unpaired) electrons. The highest BCUT2D eigenvalue weighted by atomic mass is 32.2. The van der Waals surface area contributed by atoms with E-state index in [1.165, 1.54) is 17.0 Å². The Morgan fingerprint density at radius 2 is 1.32 bits per heavy atom. The fourth-order valence-electron chi connectivity index (χ4n) is 4.59. The highest BCUT2D eigenvalue weighted by molar-refractivity contribution is 7.92. The molecule has 0 saturated carbocycles. The first-order chi connectivity index (χ1) is 21.2. The van der Waals surface area contributed by atoms with Gasteiger partial charge >= 0.3 is 0 Å². The quantitative estimate of drug-likeness (QED) is 0.187. The van der Waals surface area contributed by atoms with Gasteiger partial charge in [0, 0.05) is 12.6 Å². The van der Waals surface area contributed by atoms with Gasteiger partial charge in [0.2, 0.25) is 11.8 Å². The normalized spacial score (nSPS) is 12.5. The van der Waals surface area contributed by atoms with Crippen molar-refractivity contribution in [2.45, 2.75) is 50.6 Å². The van der Waals surface area contributed by atoms with E-state index in [2.05, 4.69) is 5.32 Å². The number of benzene rings is 4. The van der Waals surface area contributed by atoms with E-state index in [0.717, 1.165) is 16.3 Å². The second-order valence-corrected chi connectivity index (χ2v) is 12.4. The smallest absolute Gasteiger partial charge is 0.264 e. The fraction of sp³-hybridized carbons (Fsp3) is 0.257. The van der Waals surface area contributed by atoms with E-state index >= 15 is 0 Å². The van der Waals surface area contributed by atoms with Crippen molar-refractivity contribution >= 4 is 27.5 Å². The van der Waals surface area contributed by atoms with Gasteiger partial charge in [-0.25, -0.2) is 8.42 Å². The Hall–Kier alpha value is -4.63. The van der Waals surface area contributed by atoms with Gasteiger partial charge < -0.3 is 15.0 Å². The number of nitrogens with one attached hydrogen (secondary N) is 1. The Bertz CT molecular complexity index is 1600. The second kappa shape index (κ2) is 15.2. The molecule has 0 aliphatic rings. The van der Waals surface area contributed by atoms with E-state index in [-0.39, 0.29) is 23.4 Å². The Kier molecular flexibility index (Phi) is 11.2. The van der Waals surface area contributed by atoms with Crippen LogP contribution < -0.4 is 14.4 Å². The van der Waals surface area contributed by atoms with E-state index in [9.17, 15) is 18.0 Å². The summed E-state index contributed by atoms with van der Waals surface area (Å²) in [6.07, 6.45) is 1.24. The number of sulfonamides is 1. The molecule has 44 heavy (non-hydrogen) atoms. The van der Waals surface area contributed by atoms with Crippen LogP contribution in [0, 0.1) is 0 Å². The van der Waals surface area contributed by atoms with Crippen molar-refractivity contribution in [1.29, 1.82) is 0 Å². The van der Waals surface area contributed by atoms with Gasteiger partial charge in [0.15, 0.2) is 0 Å². The maximum atomic E-state index is 14.1. The molecule has 0 aliphatic carbocycles. The van der Waals surface area contributed by atoms with Crippen LogP contribution >= 0.6 is 0 Å². The van der Waals surface area contributed by atoms with Crippen molar-refractivity contribution in [2.75, 3.05) is 17.4 Å². The summed E-state index contributed by atoms with van der Waals surface area (Å²) in [5.41, 5.74) is 1.30. The fourth-order valence-corrected chi connectivity index (χ4v) is 6.02. The third-order valence-corrected chi connectivity index (χ3v) is 9.15. The molecule has 0 spiro atoms. The van der Waals surface area contributed by atoms with Crippen LogP contribution in [0.5, 0.6) is 11.5 Å². The van der Waals surface area contributed by atoms with Gasteiger partial charge in [0.25, 0.3) is 10.0 Å². The lowest BCUT2D eigenvalue weighted by molar-refractivity contribution is -0.139. The Labute approximate surface area is 260 Å². The molecule has 1 N–H and O–H groups in total. The minimum Gasteiger partial charge on any atom is -0.457 e. The first-order valence-electron chi connectivity index (χ1n) is 14.7. The van der Waals surface area contributed by atoms with Crippen LogP contribution in [0.25, 0.3) is 0 Å². The predicted octanol–water partition coefficient (Wildman–Crippen LogP) is 6.05. The molecule has 0 aliphatic heterocycles. The number of carbonyl (C=O) groups excluding carboxylic acids is 2. The SMILES string of the molecule is CCC(C)NC(=O)C(C)N(CCc1ccccc1)C(=O)CN(c1ccc(Oc2ccccc2)cc1)S(=O)(=O)c1ccccc1. The molecule has 4 rings (SSSR count). The molecule has 0 bridgehead atoms. The average Bonchev–Trinajstić information content (AvgIpc) is 3.05. The Morgan fingerprint density at radius 3 is 1.91 bits per heavy atom. The summed E-state index contributed by atoms with van der Waals surface area (Å²) in [7, 11) is -4.15. The Morgan fingerprint density at radius 1 is 0.773 bits per heavy atom. The van der Waals surface area contributed by atoms with E-state index in [0.29, 0.717) is 23.6 Å². The molecule has 9 heteroatoms. The molecule has 2 atom stereocenters. The molecule has 0 saturated heterocycles. The van der Waals surface area contributed by atoms with Crippen LogP contribution in [-0.4, -0.2) is 50.3 Å². The van der Waals surface area contributed by atoms with Gasteiger partial charge in [-0.3, -0.25) is 13.9 Å². The molecule has 230 valence electrons. The number of amides is 2. The molecule has 2 amide bonds. The van der Waals surface area contributed by atoms with Crippen molar-refractivity contribution in [3.05, 3.63) is 121 Å². The zero-order valence-electron chi connectivity index (χ0n) is 25.3. The van der Waals surface area contributed by atoms with Crippen molar-refractivity contribution in [3.63, 3.8) is 0 Å². The molecule has 2 unspecified atom stereocenters. The third-order valence-electron chi connectivity index (χ3n) is 7.37. The average molecular weight is 614 g/mol. The number of carbonyl (C=O) groups is 2. The zero-order chi connectivity index (χ0) is 31.5. The zero-order valence-corrected chi connectivity index (χ0v) is 26.1. The van der Waals surface area contributed by atoms with Gasteiger partial charge in [-0.15, -0.1) is 0 Å². The molecule has 0 fully saturated rings. The second-order valence-electron chi connectivity index (χ2n) is 10.6. The van der Waals surface area contributed by atoms with Crippen molar-refractivity contribution in [3.8, 4) is 11.5 Å². The maximum Gasteiger partial charge on any atom is 0.264 e. The molecule has 0 aromatic heterocycles. The van der Waals surface area contributed by atoms with Gasteiger partial charge in [-0.1, -0.05) is 73.7 Å². The summed E-state index contributed by atoms with van der Waals surface area (Å²) in [6.45, 7) is 5.29. The van der Waals surface area contributed by atoms with Crippen LogP contribution in [0.1, 0.15) is 32.8 Å². The summed E-state index contributed by atoms with van der Waals surface area (Å²) in [5.74, 6) is 0.378. The molecule has 0 heterocycles. The molecular formula is C35H39N3O5S. The third kappa shape index (κ3) is 8.48. The summed E-state index contributed by atoms with van der Waals surface area (Å²) >= 11 is 0. The van der Waals surface area contributed by atoms with Gasteiger partial charge in [0.1, 0.15) is 24.1 Å². The van der Waals surface area contributed by atoms with Crippen LogP contribution in [0.2, 0.25) is 0 Å². The first kappa shape index (κ1) is 32.3. The molecule has 4 aromatic rings. The van der Waals surface area contributed by atoms with Crippen LogP contribution in [-0.2, 0) is 26.0 Å². The highest BCUT2D eigenvalue weighted by Crippen LogP contribution is 2.28. The van der Waals surface area contributed by atoms with E-state index in [1.54, 1.807) is 49.4 Å². The summed E-state index contributed by atoms with van der Waals surface area (Å²) < 4.78 is 34.9. The topological polar surface area (TPSA) is 96.0 Å². The summed E-state index contributed by atoms with van der Waals surface area (Å²) in [4.78, 5) is 28.7. The van der Waals surface area contributed by atoms with E-state index in [1.807, 2.05) is 74.5 Å². The number of ether oxygens (including phenoxy) is 1. The maximum absolute atomic E-state index is 14.1. The van der Waals surface area contributed by atoms with Crippen LogP contribution in [0.15, 0.2) is 120 Å². The lowest BCUT2D eigenvalue weighted by atomic mass is 10.1. The van der Waals surface area contributed by atoms with Gasteiger partial charge in [-0.05, 0) is 80.8 Å². The lowest BCUT2D eigenvalue weighted by Crippen LogP contribution is -2.53. The number of anilines is 1. The lowest BCUT2D eigenvalue weighted by Gasteiger charge is -2.32. The molecule has 8 nitrogen and oxygen atoms in total. The monoisotopic (exact) mass is 613 g/mol. The number of rotatable bonds is 14. The largest absolute Gasteiger partial charge is 0.457 e. The number of hydrogen-bond acceptors (Lipinski definition) is 5. The van der Waals surface area contributed by atoms with Crippen molar-refractivity contribution in [1.82, 2.24) is 10.2 Å². The van der Waals surface area contributed by atoms with Crippen LogP contribution in [0.3, 0.4) is 0 Å². The number of hydrogen-bond donors (Lipinski definition) is 1. The minimum absolute atomic E-state index is 0.0517. The van der Waals surface area contributed by atoms with Gasteiger partial charge in [-0.2, -0.15) is 0 Å². The highest BCUT2D eigenvalue weighted by Gasteiger charge is 2.32. The van der Waals surface area contributed by atoms with Gasteiger partial charge in [0.05, 0.1) is 10.6 Å². The first-order valence-corrected chi connectivity index (χ1v) is 16.2. The standard InChI is InChI=1S/C35H39N3O5S/c1-4-27(2)36-35(40)28(3)37(25-24-29-14-8-5-9-15-29)34(39)26-38(44(41,42)33-18-12-7-13-19-33)30-20-22-32(23-21-30)43-31-16-10-6-11-17-31/h5-23,27-28H,4,24-26H2,1-3H3,(H,36,40). The van der Waals surface area contributed by atoms with Crippen molar-refractivity contribution in [2.24, 2.45) is 0 Å². The summed E-state index contributed by atoms with van der Waals surface area (Å²) in [6, 6.07) is 32.6. The minimum atomic E-state index is -4.15. The van der Waals surface area contributed by atoms with Crippen molar-refractivity contribution < 1.29 is 22.7 Å². The molecule has 4 aromatic carbocycles. The Balaban J connectivity index is 1.65. The summed E-state index contributed by atoms with van der Waals surface area (Å²) in [5, 5.41) is 2.95. The number of nitrogens with zero attached hydrogens (tertiary/aromatic N) is 2.